The minimum Gasteiger partial charge on any atom is -0.311 e. The van der Waals surface area contributed by atoms with E-state index < -0.39 is 0 Å². The lowest BCUT2D eigenvalue weighted by molar-refractivity contribution is 0.207. The van der Waals surface area contributed by atoms with Crippen LogP contribution in [0.5, 0.6) is 0 Å². The summed E-state index contributed by atoms with van der Waals surface area (Å²) in [5.41, 5.74) is 2.53. The van der Waals surface area contributed by atoms with Crippen molar-refractivity contribution in [2.75, 3.05) is 6.54 Å². The summed E-state index contributed by atoms with van der Waals surface area (Å²) in [5, 5.41) is 8.87. The third-order valence-electron chi connectivity index (χ3n) is 4.36. The van der Waals surface area contributed by atoms with Crippen molar-refractivity contribution < 1.29 is 0 Å². The van der Waals surface area contributed by atoms with Gasteiger partial charge in [0.1, 0.15) is 0 Å². The molecule has 2 rings (SSSR count). The molecule has 1 aliphatic carbocycles. The zero-order valence-electron chi connectivity index (χ0n) is 12.4. The quantitative estimate of drug-likeness (QED) is 0.887. The van der Waals surface area contributed by atoms with Gasteiger partial charge in [0.2, 0.25) is 0 Å². The van der Waals surface area contributed by atoms with Gasteiger partial charge in [0.15, 0.2) is 0 Å². The summed E-state index contributed by atoms with van der Waals surface area (Å²) in [5.74, 6) is 0. The Morgan fingerprint density at radius 1 is 1.32 bits per heavy atom. The van der Waals surface area contributed by atoms with Gasteiger partial charge < -0.3 is 5.32 Å². The van der Waals surface area contributed by atoms with Gasteiger partial charge in [-0.3, -0.25) is 4.68 Å². The van der Waals surface area contributed by atoms with Crippen LogP contribution >= 0.6 is 11.6 Å². The summed E-state index contributed by atoms with van der Waals surface area (Å²) < 4.78 is 2.01. The first-order chi connectivity index (χ1) is 9.06. The lowest BCUT2D eigenvalue weighted by atomic mass is 9.76. The molecule has 19 heavy (non-hydrogen) atoms. The van der Waals surface area contributed by atoms with Gasteiger partial charge in [-0.1, -0.05) is 37.8 Å². The van der Waals surface area contributed by atoms with Gasteiger partial charge in [-0.15, -0.1) is 0 Å². The summed E-state index contributed by atoms with van der Waals surface area (Å²) in [6, 6.07) is 0. The molecule has 1 fully saturated rings. The van der Waals surface area contributed by atoms with Crippen molar-refractivity contribution in [2.45, 2.75) is 66.0 Å². The van der Waals surface area contributed by atoms with E-state index in [9.17, 15) is 0 Å². The largest absolute Gasteiger partial charge is 0.311 e. The molecule has 0 spiro atoms. The second-order valence-electron chi connectivity index (χ2n) is 6.14. The van der Waals surface area contributed by atoms with E-state index in [4.69, 9.17) is 11.6 Å². The second-order valence-corrected chi connectivity index (χ2v) is 6.51. The number of hydrogen-bond acceptors (Lipinski definition) is 2. The number of aromatic nitrogens is 2. The number of nitrogens with one attached hydrogen (secondary N) is 1. The number of rotatable bonds is 5. The Labute approximate surface area is 121 Å². The van der Waals surface area contributed by atoms with E-state index in [1.807, 2.05) is 11.6 Å². The summed E-state index contributed by atoms with van der Waals surface area (Å²) in [6.45, 7) is 9.26. The molecule has 0 atom stereocenters. The molecule has 0 unspecified atom stereocenters. The van der Waals surface area contributed by atoms with Gasteiger partial charge in [-0.25, -0.2) is 0 Å². The van der Waals surface area contributed by atoms with E-state index in [0.717, 1.165) is 36.0 Å². The molecular formula is C15H26ClN3. The van der Waals surface area contributed by atoms with Gasteiger partial charge in [0, 0.05) is 19.6 Å². The molecular weight excluding hydrogens is 258 g/mol. The average Bonchev–Trinajstić information content (AvgIpc) is 2.67. The minimum absolute atomic E-state index is 0.469. The van der Waals surface area contributed by atoms with E-state index in [1.54, 1.807) is 0 Å². The van der Waals surface area contributed by atoms with Crippen molar-refractivity contribution in [2.24, 2.45) is 5.41 Å². The third kappa shape index (κ3) is 3.51. The minimum atomic E-state index is 0.469. The molecule has 0 aromatic carbocycles. The molecule has 1 aromatic rings. The number of nitrogens with zero attached hydrogens (tertiary/aromatic N) is 2. The van der Waals surface area contributed by atoms with Gasteiger partial charge in [0.05, 0.1) is 16.4 Å². The van der Waals surface area contributed by atoms with E-state index in [0.29, 0.717) is 5.41 Å². The Balaban J connectivity index is 1.92. The van der Waals surface area contributed by atoms with E-state index in [1.165, 1.54) is 32.1 Å². The third-order valence-corrected chi connectivity index (χ3v) is 4.85. The Hall–Kier alpha value is -0.540. The average molecular weight is 284 g/mol. The molecule has 0 bridgehead atoms. The first-order valence-corrected chi connectivity index (χ1v) is 7.86. The standard InChI is InChI=1S/C15H26ClN3/c1-4-19-13(14(16)12(2)18-19)10-17-11-15(3)8-6-5-7-9-15/h17H,4-11H2,1-3H3. The Kier molecular flexibility index (Phi) is 4.91. The summed E-state index contributed by atoms with van der Waals surface area (Å²) in [4.78, 5) is 0. The maximum Gasteiger partial charge on any atom is 0.0860 e. The molecule has 3 nitrogen and oxygen atoms in total. The number of halogens is 1. The molecule has 108 valence electrons. The molecule has 1 aliphatic rings. The van der Waals surface area contributed by atoms with Crippen LogP contribution in [0.3, 0.4) is 0 Å². The zero-order valence-corrected chi connectivity index (χ0v) is 13.2. The molecule has 1 aromatic heterocycles. The van der Waals surface area contributed by atoms with Gasteiger partial charge in [-0.2, -0.15) is 5.10 Å². The highest BCUT2D eigenvalue weighted by Crippen LogP contribution is 2.35. The topological polar surface area (TPSA) is 29.9 Å². The highest BCUT2D eigenvalue weighted by molar-refractivity contribution is 6.31. The van der Waals surface area contributed by atoms with Crippen molar-refractivity contribution in [3.8, 4) is 0 Å². The first kappa shape index (κ1) is 14.9. The highest BCUT2D eigenvalue weighted by atomic mass is 35.5. The smallest absolute Gasteiger partial charge is 0.0860 e. The number of hydrogen-bond donors (Lipinski definition) is 1. The van der Waals surface area contributed by atoms with Gasteiger partial charge in [-0.05, 0) is 32.1 Å². The normalized spacial score (nSPS) is 18.7. The van der Waals surface area contributed by atoms with E-state index in [2.05, 4.69) is 24.3 Å². The van der Waals surface area contributed by atoms with E-state index in [-0.39, 0.29) is 0 Å². The van der Waals surface area contributed by atoms with Crippen molar-refractivity contribution in [1.82, 2.24) is 15.1 Å². The SMILES string of the molecule is CCn1nc(C)c(Cl)c1CNCC1(C)CCCCC1. The molecule has 1 saturated carbocycles. The monoisotopic (exact) mass is 283 g/mol. The maximum atomic E-state index is 6.33. The molecule has 0 saturated heterocycles. The Morgan fingerprint density at radius 3 is 2.63 bits per heavy atom. The van der Waals surface area contributed by atoms with Crippen LogP contribution in [-0.4, -0.2) is 16.3 Å². The summed E-state index contributed by atoms with van der Waals surface area (Å²) in [6.07, 6.45) is 6.86. The van der Waals surface area contributed by atoms with Crippen LogP contribution in [0.4, 0.5) is 0 Å². The molecule has 0 amide bonds. The van der Waals surface area contributed by atoms with Crippen molar-refractivity contribution >= 4 is 11.6 Å². The van der Waals surface area contributed by atoms with Crippen LogP contribution in [0.25, 0.3) is 0 Å². The van der Waals surface area contributed by atoms with Gasteiger partial charge in [0.25, 0.3) is 0 Å². The molecule has 4 heteroatoms. The van der Waals surface area contributed by atoms with Crippen LogP contribution in [0.2, 0.25) is 5.02 Å². The Bertz CT molecular complexity index is 419. The molecule has 1 N–H and O–H groups in total. The fourth-order valence-electron chi connectivity index (χ4n) is 3.10. The molecule has 0 radical (unpaired) electrons. The lowest BCUT2D eigenvalue weighted by Gasteiger charge is -2.33. The molecule has 0 aliphatic heterocycles. The van der Waals surface area contributed by atoms with Gasteiger partial charge >= 0.3 is 0 Å². The van der Waals surface area contributed by atoms with Crippen molar-refractivity contribution in [3.63, 3.8) is 0 Å². The fraction of sp³-hybridized carbons (Fsp3) is 0.800. The number of aryl methyl sites for hydroxylation is 2. The second kappa shape index (κ2) is 6.27. The fourth-order valence-corrected chi connectivity index (χ4v) is 3.30. The van der Waals surface area contributed by atoms with Crippen molar-refractivity contribution in [1.29, 1.82) is 0 Å². The van der Waals surface area contributed by atoms with Crippen LogP contribution in [0, 0.1) is 12.3 Å². The predicted molar refractivity (Wildman–Crippen MR) is 80.5 cm³/mol. The zero-order chi connectivity index (χ0) is 13.9. The Morgan fingerprint density at radius 2 is 2.00 bits per heavy atom. The first-order valence-electron chi connectivity index (χ1n) is 7.48. The summed E-state index contributed by atoms with van der Waals surface area (Å²) in [7, 11) is 0. The predicted octanol–water partition coefficient (Wildman–Crippen LogP) is 3.92. The summed E-state index contributed by atoms with van der Waals surface area (Å²) >= 11 is 6.33. The van der Waals surface area contributed by atoms with Crippen LogP contribution in [-0.2, 0) is 13.1 Å². The highest BCUT2D eigenvalue weighted by Gasteiger charge is 2.26. The maximum absolute atomic E-state index is 6.33. The van der Waals surface area contributed by atoms with Crippen LogP contribution < -0.4 is 5.32 Å². The van der Waals surface area contributed by atoms with Crippen LogP contribution in [0.15, 0.2) is 0 Å². The molecule has 1 heterocycles. The lowest BCUT2D eigenvalue weighted by Crippen LogP contribution is -2.33. The van der Waals surface area contributed by atoms with Crippen molar-refractivity contribution in [3.05, 3.63) is 16.4 Å². The van der Waals surface area contributed by atoms with Crippen LogP contribution in [0.1, 0.15) is 57.3 Å². The van der Waals surface area contributed by atoms with E-state index >= 15 is 0 Å².